The molecule has 282 valence electrons. The summed E-state index contributed by atoms with van der Waals surface area (Å²) in [4.78, 5) is 32.1. The van der Waals surface area contributed by atoms with Gasteiger partial charge < -0.3 is 38.8 Å². The first-order valence-corrected chi connectivity index (χ1v) is 18.8. The number of hydrogen-bond donors (Lipinski definition) is 1. The maximum Gasteiger partial charge on any atom is 0.407 e. The molecule has 0 unspecified atom stereocenters. The fraction of sp³-hybridized carbons (Fsp3) is 0.500. The SMILES string of the molecule is COCCCc1cc(CN(C(=O)[C@H]2CN(C(=O)O)CC[C@@H]2c2ccc(OCCOc3c(Cl)cc(C)cc3Cl)cc2)C2CC2)cc(OCCN(C)C)c1. The summed E-state index contributed by atoms with van der Waals surface area (Å²) in [5.74, 6) is 1.21. The quantitative estimate of drug-likeness (QED) is 0.133. The molecule has 1 N–H and O–H groups in total. The summed E-state index contributed by atoms with van der Waals surface area (Å²) in [5.41, 5.74) is 4.08. The number of likely N-dealkylation sites (N-methyl/N-ethyl adjacent to an activating group) is 1. The van der Waals surface area contributed by atoms with Crippen molar-refractivity contribution in [2.45, 2.75) is 57.5 Å². The van der Waals surface area contributed by atoms with Gasteiger partial charge in [0, 0.05) is 45.9 Å². The van der Waals surface area contributed by atoms with Crippen LogP contribution in [0.5, 0.6) is 17.2 Å². The van der Waals surface area contributed by atoms with E-state index in [9.17, 15) is 14.7 Å². The molecule has 1 aliphatic heterocycles. The van der Waals surface area contributed by atoms with E-state index >= 15 is 0 Å². The van der Waals surface area contributed by atoms with Crippen LogP contribution in [0.2, 0.25) is 10.0 Å². The molecule has 0 radical (unpaired) electrons. The number of methoxy groups -OCH3 is 1. The van der Waals surface area contributed by atoms with Crippen LogP contribution in [0.25, 0.3) is 0 Å². The van der Waals surface area contributed by atoms with Crippen LogP contribution >= 0.6 is 23.2 Å². The van der Waals surface area contributed by atoms with Crippen molar-refractivity contribution in [2.24, 2.45) is 5.92 Å². The van der Waals surface area contributed by atoms with Crippen molar-refractivity contribution in [3.63, 3.8) is 0 Å². The Bertz CT molecular complexity index is 1630. The minimum Gasteiger partial charge on any atom is -0.492 e. The van der Waals surface area contributed by atoms with Crippen LogP contribution in [-0.2, 0) is 22.5 Å². The number of benzene rings is 3. The minimum absolute atomic E-state index is 0.00999. The highest BCUT2D eigenvalue weighted by atomic mass is 35.5. The summed E-state index contributed by atoms with van der Waals surface area (Å²) in [6.45, 7) is 5.42. The second-order valence-electron chi connectivity index (χ2n) is 14.0. The lowest BCUT2D eigenvalue weighted by Gasteiger charge is -2.39. The maximum atomic E-state index is 14.6. The zero-order chi connectivity index (χ0) is 37.2. The molecule has 0 bridgehead atoms. The average molecular weight is 757 g/mol. The van der Waals surface area contributed by atoms with Gasteiger partial charge in [0.15, 0.2) is 5.75 Å². The second kappa shape index (κ2) is 18.9. The third-order valence-electron chi connectivity index (χ3n) is 9.52. The largest absolute Gasteiger partial charge is 0.492 e. The molecular formula is C40H51Cl2N3O7. The lowest BCUT2D eigenvalue weighted by molar-refractivity contribution is -0.139. The van der Waals surface area contributed by atoms with Crippen molar-refractivity contribution in [1.82, 2.24) is 14.7 Å². The Balaban J connectivity index is 1.29. The van der Waals surface area contributed by atoms with Crippen molar-refractivity contribution >= 4 is 35.2 Å². The first-order chi connectivity index (χ1) is 25.0. The first-order valence-electron chi connectivity index (χ1n) is 18.0. The molecule has 3 aromatic rings. The van der Waals surface area contributed by atoms with E-state index in [1.807, 2.05) is 56.3 Å². The number of carbonyl (C=O) groups excluding carboxylic acids is 1. The molecule has 2 aliphatic rings. The van der Waals surface area contributed by atoms with Gasteiger partial charge in [0.05, 0.1) is 16.0 Å². The molecule has 2 fully saturated rings. The van der Waals surface area contributed by atoms with Crippen LogP contribution in [-0.4, -0.2) is 105 Å². The molecule has 1 saturated carbocycles. The van der Waals surface area contributed by atoms with Crippen molar-refractivity contribution in [3.8, 4) is 17.2 Å². The highest BCUT2D eigenvalue weighted by molar-refractivity contribution is 6.37. The minimum atomic E-state index is -1.00. The predicted molar refractivity (Wildman–Crippen MR) is 203 cm³/mol. The number of carbonyl (C=O) groups is 2. The Morgan fingerprint density at radius 3 is 2.19 bits per heavy atom. The summed E-state index contributed by atoms with van der Waals surface area (Å²) in [6, 6.07) is 17.7. The van der Waals surface area contributed by atoms with Gasteiger partial charge >= 0.3 is 6.09 Å². The van der Waals surface area contributed by atoms with Crippen LogP contribution in [0.3, 0.4) is 0 Å². The molecule has 5 rings (SSSR count). The maximum absolute atomic E-state index is 14.6. The number of halogens is 2. The number of hydrogen-bond acceptors (Lipinski definition) is 7. The monoisotopic (exact) mass is 755 g/mol. The molecule has 2 atom stereocenters. The Labute approximate surface area is 317 Å². The molecular weight excluding hydrogens is 705 g/mol. The lowest BCUT2D eigenvalue weighted by atomic mass is 9.79. The van der Waals surface area contributed by atoms with E-state index in [2.05, 4.69) is 17.0 Å². The number of piperidine rings is 1. The van der Waals surface area contributed by atoms with Gasteiger partial charge in [-0.15, -0.1) is 0 Å². The van der Waals surface area contributed by atoms with Crippen molar-refractivity contribution in [2.75, 3.05) is 67.3 Å². The topological polar surface area (TPSA) is 101 Å². The van der Waals surface area contributed by atoms with Gasteiger partial charge in [-0.05, 0) is 118 Å². The summed E-state index contributed by atoms with van der Waals surface area (Å²) in [6.07, 6.45) is 3.13. The average Bonchev–Trinajstić information content (AvgIpc) is 3.95. The third-order valence-corrected chi connectivity index (χ3v) is 10.1. The standard InChI is InChI=1S/C40H51Cl2N3O7/c1-27-20-36(41)38(37(42)21-27)52-19-18-51-32-11-7-30(8-12-32)34-13-14-44(40(47)48)26-35(34)39(46)45(31-9-10-31)25-29-22-28(6-5-16-49-4)23-33(24-29)50-17-15-43(2)3/h7-8,11-12,20-24,31,34-35H,5-6,9-10,13-19,25-26H2,1-4H3,(H,47,48)/t34-,35+/m1/s1. The van der Waals surface area contributed by atoms with Crippen molar-refractivity contribution < 1.29 is 33.6 Å². The van der Waals surface area contributed by atoms with Crippen molar-refractivity contribution in [3.05, 3.63) is 86.9 Å². The second-order valence-corrected chi connectivity index (χ2v) is 14.8. The predicted octanol–water partition coefficient (Wildman–Crippen LogP) is 7.55. The number of carboxylic acid groups (broad SMARTS) is 1. The Hall–Kier alpha value is -3.70. The molecule has 1 saturated heterocycles. The van der Waals surface area contributed by atoms with Gasteiger partial charge in [0.2, 0.25) is 5.91 Å². The van der Waals surface area contributed by atoms with Crippen LogP contribution in [0.15, 0.2) is 54.6 Å². The summed E-state index contributed by atoms with van der Waals surface area (Å²) < 4.78 is 23.2. The molecule has 12 heteroatoms. The van der Waals surface area contributed by atoms with E-state index in [0.29, 0.717) is 54.3 Å². The third kappa shape index (κ3) is 11.2. The number of aryl methyl sites for hydroxylation is 2. The number of amides is 2. The van der Waals surface area contributed by atoms with Gasteiger partial charge in [-0.2, -0.15) is 0 Å². The molecule has 2 amide bonds. The van der Waals surface area contributed by atoms with Gasteiger partial charge in [-0.25, -0.2) is 4.79 Å². The van der Waals surface area contributed by atoms with E-state index in [1.165, 1.54) is 4.90 Å². The molecule has 0 aromatic heterocycles. The highest BCUT2D eigenvalue weighted by Gasteiger charge is 2.42. The van der Waals surface area contributed by atoms with Crippen LogP contribution in [0.1, 0.15) is 53.9 Å². The Kier molecular flexibility index (Phi) is 14.3. The fourth-order valence-corrected chi connectivity index (χ4v) is 7.42. The van der Waals surface area contributed by atoms with Gasteiger partial charge in [-0.1, -0.05) is 41.4 Å². The molecule has 3 aromatic carbocycles. The molecule has 1 aliphatic carbocycles. The zero-order valence-corrected chi connectivity index (χ0v) is 32.1. The molecule has 52 heavy (non-hydrogen) atoms. The number of rotatable bonds is 18. The van der Waals surface area contributed by atoms with E-state index in [-0.39, 0.29) is 37.6 Å². The molecule has 1 heterocycles. The van der Waals surface area contributed by atoms with E-state index in [1.54, 1.807) is 19.2 Å². The first kappa shape index (κ1) is 39.5. The van der Waals surface area contributed by atoms with Crippen LogP contribution in [0, 0.1) is 12.8 Å². The van der Waals surface area contributed by atoms with E-state index in [4.69, 9.17) is 42.1 Å². The normalized spacial score (nSPS) is 17.2. The van der Waals surface area contributed by atoms with E-state index < -0.39 is 12.0 Å². The summed E-state index contributed by atoms with van der Waals surface area (Å²) in [5, 5.41) is 10.8. The highest BCUT2D eigenvalue weighted by Crippen LogP contribution is 2.39. The number of nitrogens with zero attached hydrogens (tertiary/aromatic N) is 3. The van der Waals surface area contributed by atoms with Crippen LogP contribution in [0.4, 0.5) is 4.79 Å². The number of ether oxygens (including phenoxy) is 4. The Morgan fingerprint density at radius 1 is 0.865 bits per heavy atom. The molecule has 0 spiro atoms. The number of likely N-dealkylation sites (tertiary alicyclic amines) is 1. The summed E-state index contributed by atoms with van der Waals surface area (Å²) in [7, 11) is 5.73. The molecule has 10 nitrogen and oxygen atoms in total. The van der Waals surface area contributed by atoms with Crippen LogP contribution < -0.4 is 14.2 Å². The fourth-order valence-electron chi connectivity index (χ4n) is 6.71. The zero-order valence-electron chi connectivity index (χ0n) is 30.6. The summed E-state index contributed by atoms with van der Waals surface area (Å²) >= 11 is 12.6. The van der Waals surface area contributed by atoms with Crippen molar-refractivity contribution in [1.29, 1.82) is 0 Å². The van der Waals surface area contributed by atoms with E-state index in [0.717, 1.165) is 60.2 Å². The van der Waals surface area contributed by atoms with Gasteiger partial charge in [0.25, 0.3) is 0 Å². The Morgan fingerprint density at radius 2 is 1.54 bits per heavy atom. The smallest absolute Gasteiger partial charge is 0.407 e. The van der Waals surface area contributed by atoms with Gasteiger partial charge in [0.1, 0.15) is 31.3 Å². The lowest BCUT2D eigenvalue weighted by Crippen LogP contribution is -2.49. The van der Waals surface area contributed by atoms with Gasteiger partial charge in [-0.3, -0.25) is 4.79 Å².